The molecule has 1 atom stereocenters. The summed E-state index contributed by atoms with van der Waals surface area (Å²) in [5.74, 6) is 2.95. The molecule has 2 aromatic carbocycles. The van der Waals surface area contributed by atoms with Gasteiger partial charge in [-0.2, -0.15) is 0 Å². The van der Waals surface area contributed by atoms with E-state index in [0.717, 1.165) is 80.1 Å². The van der Waals surface area contributed by atoms with Gasteiger partial charge in [-0.05, 0) is 88.8 Å². The highest BCUT2D eigenvalue weighted by Crippen LogP contribution is 2.26. The molecular weight excluding hydrogens is 490 g/mol. The summed E-state index contributed by atoms with van der Waals surface area (Å²) in [4.78, 5) is 19.2. The number of unbranched alkanes of at least 4 members (excludes halogenated alkanes) is 1. The lowest BCUT2D eigenvalue weighted by Gasteiger charge is -2.34. The number of ether oxygens (including phenoxy) is 3. The van der Waals surface area contributed by atoms with Crippen LogP contribution in [0.5, 0.6) is 11.5 Å². The Labute approximate surface area is 224 Å². The van der Waals surface area contributed by atoms with Crippen molar-refractivity contribution in [3.63, 3.8) is 0 Å². The number of hydrogen-bond donors (Lipinski definition) is 0. The number of rotatable bonds is 9. The third kappa shape index (κ3) is 7.54. The number of hydrogen-bond acceptors (Lipinski definition) is 5. The van der Waals surface area contributed by atoms with Crippen LogP contribution in [-0.2, 0) is 17.9 Å². The Kier molecular flexibility index (Phi) is 8.85. The monoisotopic (exact) mass is 527 g/mol. The van der Waals surface area contributed by atoms with Crippen LogP contribution in [0, 0.1) is 5.92 Å². The number of benzene rings is 2. The van der Waals surface area contributed by atoms with E-state index in [4.69, 9.17) is 30.8 Å². The zero-order chi connectivity index (χ0) is 26.4. The first kappa shape index (κ1) is 27.1. The van der Waals surface area contributed by atoms with Gasteiger partial charge in [-0.25, -0.2) is 9.78 Å². The molecule has 0 aliphatic carbocycles. The van der Waals surface area contributed by atoms with Crippen LogP contribution in [-0.4, -0.2) is 46.3 Å². The standard InChI is InChI=1S/C29H38ClN3O4/c1-29(2,3)37-28(34)32-16-7-9-21(19-32)8-5-6-17-33-26-18-24(35-4)14-15-25(26)31-27(33)20-36-23-12-10-22(30)11-13-23/h10-15,18,21H,5-9,16-17,19-20H2,1-4H3. The van der Waals surface area contributed by atoms with Gasteiger partial charge in [-0.1, -0.05) is 18.0 Å². The molecule has 4 rings (SSSR count). The average molecular weight is 528 g/mol. The van der Waals surface area contributed by atoms with Crippen LogP contribution in [0.2, 0.25) is 5.02 Å². The largest absolute Gasteiger partial charge is 0.497 e. The quantitative estimate of drug-likeness (QED) is 0.278. The van der Waals surface area contributed by atoms with Crippen molar-refractivity contribution in [3.05, 3.63) is 53.3 Å². The van der Waals surface area contributed by atoms with Crippen molar-refractivity contribution < 1.29 is 19.0 Å². The van der Waals surface area contributed by atoms with Gasteiger partial charge in [-0.15, -0.1) is 0 Å². The summed E-state index contributed by atoms with van der Waals surface area (Å²) in [5, 5.41) is 0.680. The minimum absolute atomic E-state index is 0.193. The topological polar surface area (TPSA) is 65.8 Å². The molecule has 37 heavy (non-hydrogen) atoms. The third-order valence-electron chi connectivity index (χ3n) is 6.63. The van der Waals surface area contributed by atoms with Crippen LogP contribution >= 0.6 is 11.6 Å². The molecule has 1 aliphatic heterocycles. The van der Waals surface area contributed by atoms with E-state index < -0.39 is 5.60 Å². The van der Waals surface area contributed by atoms with E-state index >= 15 is 0 Å². The van der Waals surface area contributed by atoms with Crippen LogP contribution in [0.3, 0.4) is 0 Å². The molecule has 0 spiro atoms. The van der Waals surface area contributed by atoms with Gasteiger partial charge in [0.15, 0.2) is 0 Å². The molecule has 3 aromatic rings. The number of nitrogens with zero attached hydrogens (tertiary/aromatic N) is 3. The van der Waals surface area contributed by atoms with Gasteiger partial charge in [0.25, 0.3) is 0 Å². The number of carbonyl (C=O) groups is 1. The van der Waals surface area contributed by atoms with Gasteiger partial charge >= 0.3 is 6.09 Å². The molecule has 0 N–H and O–H groups in total. The van der Waals surface area contributed by atoms with Crippen molar-refractivity contribution in [2.24, 2.45) is 5.92 Å². The number of methoxy groups -OCH3 is 1. The van der Waals surface area contributed by atoms with Crippen LogP contribution < -0.4 is 9.47 Å². The minimum Gasteiger partial charge on any atom is -0.497 e. The lowest BCUT2D eigenvalue weighted by atomic mass is 9.93. The predicted octanol–water partition coefficient (Wildman–Crippen LogP) is 7.09. The molecule has 1 saturated heterocycles. The molecule has 1 fully saturated rings. The lowest BCUT2D eigenvalue weighted by molar-refractivity contribution is 0.0160. The third-order valence-corrected chi connectivity index (χ3v) is 6.88. The minimum atomic E-state index is -0.463. The van der Waals surface area contributed by atoms with Crippen molar-refractivity contribution in [2.75, 3.05) is 20.2 Å². The van der Waals surface area contributed by atoms with E-state index in [-0.39, 0.29) is 6.09 Å². The van der Waals surface area contributed by atoms with Gasteiger partial charge < -0.3 is 23.7 Å². The molecule has 1 amide bonds. The summed E-state index contributed by atoms with van der Waals surface area (Å²) in [6.45, 7) is 8.51. The van der Waals surface area contributed by atoms with E-state index in [1.54, 1.807) is 7.11 Å². The van der Waals surface area contributed by atoms with Crippen LogP contribution in [0.15, 0.2) is 42.5 Å². The summed E-state index contributed by atoms with van der Waals surface area (Å²) < 4.78 is 19.3. The Morgan fingerprint density at radius 3 is 2.59 bits per heavy atom. The highest BCUT2D eigenvalue weighted by Gasteiger charge is 2.27. The van der Waals surface area contributed by atoms with Crippen LogP contribution in [0.1, 0.15) is 58.7 Å². The second-order valence-corrected chi connectivity index (χ2v) is 11.1. The number of likely N-dealkylation sites (tertiary alicyclic amines) is 1. The second kappa shape index (κ2) is 12.1. The van der Waals surface area contributed by atoms with Gasteiger partial charge in [0.2, 0.25) is 0 Å². The summed E-state index contributed by atoms with van der Waals surface area (Å²) in [6, 6.07) is 13.3. The Morgan fingerprint density at radius 2 is 1.86 bits per heavy atom. The number of halogens is 1. The summed E-state index contributed by atoms with van der Waals surface area (Å²) in [5.41, 5.74) is 1.51. The van der Waals surface area contributed by atoms with E-state index in [2.05, 4.69) is 4.57 Å². The number of aryl methyl sites for hydroxylation is 1. The maximum Gasteiger partial charge on any atom is 0.410 e. The Bertz CT molecular complexity index is 1190. The lowest BCUT2D eigenvalue weighted by Crippen LogP contribution is -2.42. The Morgan fingerprint density at radius 1 is 1.11 bits per heavy atom. The van der Waals surface area contributed by atoms with Crippen LogP contribution in [0.25, 0.3) is 11.0 Å². The molecule has 1 aromatic heterocycles. The summed E-state index contributed by atoms with van der Waals surface area (Å²) in [6.07, 6.45) is 5.17. The molecule has 200 valence electrons. The zero-order valence-electron chi connectivity index (χ0n) is 22.3. The van der Waals surface area contributed by atoms with Crippen molar-refractivity contribution in [1.29, 1.82) is 0 Å². The smallest absolute Gasteiger partial charge is 0.410 e. The fourth-order valence-corrected chi connectivity index (χ4v) is 4.94. The summed E-state index contributed by atoms with van der Waals surface area (Å²) in [7, 11) is 1.68. The fourth-order valence-electron chi connectivity index (χ4n) is 4.81. The van der Waals surface area contributed by atoms with Gasteiger partial charge in [0.1, 0.15) is 29.5 Å². The number of fused-ring (bicyclic) bond motifs is 1. The molecule has 1 aliphatic rings. The zero-order valence-corrected chi connectivity index (χ0v) is 23.1. The highest BCUT2D eigenvalue weighted by atomic mass is 35.5. The number of amides is 1. The second-order valence-electron chi connectivity index (χ2n) is 10.7. The molecular formula is C29H38ClN3O4. The molecule has 1 unspecified atom stereocenters. The number of imidazole rings is 1. The number of carbonyl (C=O) groups excluding carboxylic acids is 1. The van der Waals surface area contributed by atoms with E-state index in [1.165, 1.54) is 0 Å². The molecule has 2 heterocycles. The fraction of sp³-hybridized carbons (Fsp3) is 0.517. The summed E-state index contributed by atoms with van der Waals surface area (Å²) >= 11 is 6.00. The van der Waals surface area contributed by atoms with Gasteiger partial charge in [-0.3, -0.25) is 0 Å². The van der Waals surface area contributed by atoms with Gasteiger partial charge in [0.05, 0.1) is 18.1 Å². The predicted molar refractivity (Wildman–Crippen MR) is 146 cm³/mol. The highest BCUT2D eigenvalue weighted by molar-refractivity contribution is 6.30. The van der Waals surface area contributed by atoms with Crippen molar-refractivity contribution >= 4 is 28.7 Å². The Hall–Kier alpha value is -2.93. The molecule has 0 radical (unpaired) electrons. The Balaban J connectivity index is 1.37. The maximum absolute atomic E-state index is 12.5. The molecule has 0 saturated carbocycles. The normalized spacial score (nSPS) is 16.1. The number of piperidine rings is 1. The maximum atomic E-state index is 12.5. The van der Waals surface area contributed by atoms with Gasteiger partial charge in [0, 0.05) is 30.7 Å². The van der Waals surface area contributed by atoms with Crippen LogP contribution in [0.4, 0.5) is 4.79 Å². The molecule has 0 bridgehead atoms. The van der Waals surface area contributed by atoms with E-state index in [1.807, 2.05) is 68.1 Å². The first-order chi connectivity index (χ1) is 17.7. The molecule has 7 nitrogen and oxygen atoms in total. The first-order valence-electron chi connectivity index (χ1n) is 13.1. The SMILES string of the molecule is COc1ccc2nc(COc3ccc(Cl)cc3)n(CCCCC3CCCN(C(=O)OC(C)(C)C)C3)c2c1. The van der Waals surface area contributed by atoms with Crippen molar-refractivity contribution in [3.8, 4) is 11.5 Å². The van der Waals surface area contributed by atoms with Crippen molar-refractivity contribution in [1.82, 2.24) is 14.5 Å². The van der Waals surface area contributed by atoms with E-state index in [0.29, 0.717) is 17.5 Å². The van der Waals surface area contributed by atoms with Crippen molar-refractivity contribution in [2.45, 2.75) is 71.6 Å². The average Bonchev–Trinajstić information content (AvgIpc) is 3.22. The van der Waals surface area contributed by atoms with E-state index in [9.17, 15) is 4.79 Å². The first-order valence-corrected chi connectivity index (χ1v) is 13.5. The number of aromatic nitrogens is 2. The molecule has 8 heteroatoms.